The number of amides is 2. The molecule has 5 rings (SSSR count). The fourth-order valence-corrected chi connectivity index (χ4v) is 5.30. The van der Waals surface area contributed by atoms with Gasteiger partial charge >= 0.3 is 0 Å². The maximum atomic E-state index is 13.1. The van der Waals surface area contributed by atoms with Crippen LogP contribution < -0.4 is 5.32 Å². The zero-order chi connectivity index (χ0) is 21.4. The van der Waals surface area contributed by atoms with Crippen molar-refractivity contribution in [3.8, 4) is 0 Å². The van der Waals surface area contributed by atoms with Gasteiger partial charge in [-0.25, -0.2) is 4.98 Å². The highest BCUT2D eigenvalue weighted by Gasteiger charge is 2.39. The molecule has 1 fully saturated rings. The number of aromatic nitrogens is 2. The van der Waals surface area contributed by atoms with Gasteiger partial charge in [-0.3, -0.25) is 9.59 Å². The van der Waals surface area contributed by atoms with Gasteiger partial charge in [0.1, 0.15) is 0 Å². The highest BCUT2D eigenvalue weighted by molar-refractivity contribution is 5.98. The molecular formula is C25H28N4O2. The molecule has 6 nitrogen and oxygen atoms in total. The first-order chi connectivity index (χ1) is 15.0. The van der Waals surface area contributed by atoms with E-state index in [0.717, 1.165) is 53.5 Å². The minimum atomic E-state index is -0.158. The number of hydrogen-bond donors (Lipinski definition) is 1. The Hall–Kier alpha value is -3.15. The van der Waals surface area contributed by atoms with E-state index in [0.29, 0.717) is 19.5 Å². The molecule has 0 unspecified atom stereocenters. The smallest absolute Gasteiger partial charge is 0.254 e. The number of hydrogen-bond acceptors (Lipinski definition) is 3. The Morgan fingerprint density at radius 2 is 1.94 bits per heavy atom. The topological polar surface area (TPSA) is 67.2 Å². The third kappa shape index (κ3) is 3.82. The number of anilines is 1. The largest absolute Gasteiger partial charge is 0.334 e. The summed E-state index contributed by atoms with van der Waals surface area (Å²) in [7, 11) is 1.96. The van der Waals surface area contributed by atoms with Gasteiger partial charge in [0, 0.05) is 37.8 Å². The van der Waals surface area contributed by atoms with E-state index < -0.39 is 0 Å². The van der Waals surface area contributed by atoms with E-state index in [-0.39, 0.29) is 17.2 Å². The van der Waals surface area contributed by atoms with Gasteiger partial charge in [-0.05, 0) is 48.1 Å². The van der Waals surface area contributed by atoms with E-state index in [1.165, 1.54) is 6.42 Å². The molecule has 31 heavy (non-hydrogen) atoms. The summed E-state index contributed by atoms with van der Waals surface area (Å²) in [5, 5.41) is 3.08. The summed E-state index contributed by atoms with van der Waals surface area (Å²) >= 11 is 0. The van der Waals surface area contributed by atoms with Crippen LogP contribution in [0.5, 0.6) is 0 Å². The van der Waals surface area contributed by atoms with Crippen molar-refractivity contribution >= 4 is 28.5 Å². The van der Waals surface area contributed by atoms with Crippen molar-refractivity contribution in [2.75, 3.05) is 11.9 Å². The van der Waals surface area contributed by atoms with Crippen LogP contribution in [0.15, 0.2) is 48.8 Å². The van der Waals surface area contributed by atoms with Crippen molar-refractivity contribution in [2.24, 2.45) is 12.5 Å². The van der Waals surface area contributed by atoms with E-state index in [1.807, 2.05) is 59.0 Å². The van der Waals surface area contributed by atoms with E-state index in [2.05, 4.69) is 10.3 Å². The number of imidazole rings is 1. The Balaban J connectivity index is 1.31. The van der Waals surface area contributed by atoms with E-state index in [4.69, 9.17) is 0 Å². The molecule has 1 saturated carbocycles. The molecule has 0 saturated heterocycles. The first-order valence-corrected chi connectivity index (χ1v) is 11.1. The molecule has 2 heterocycles. The number of nitrogens with one attached hydrogen (secondary N) is 1. The number of fused-ring (bicyclic) bond motifs is 2. The Morgan fingerprint density at radius 1 is 1.13 bits per heavy atom. The van der Waals surface area contributed by atoms with Gasteiger partial charge in [-0.15, -0.1) is 0 Å². The van der Waals surface area contributed by atoms with E-state index in [1.54, 1.807) is 6.33 Å². The van der Waals surface area contributed by atoms with Gasteiger partial charge in [-0.2, -0.15) is 0 Å². The maximum absolute atomic E-state index is 13.1. The molecule has 3 aromatic rings. The highest BCUT2D eigenvalue weighted by atomic mass is 16.2. The van der Waals surface area contributed by atoms with Crippen LogP contribution in [0.4, 0.5) is 5.69 Å². The van der Waals surface area contributed by atoms with Crippen molar-refractivity contribution in [3.05, 3.63) is 59.9 Å². The van der Waals surface area contributed by atoms with Crippen LogP contribution in [0.3, 0.4) is 0 Å². The fourth-order valence-electron chi connectivity index (χ4n) is 5.30. The van der Waals surface area contributed by atoms with Crippen LogP contribution in [-0.2, 0) is 18.4 Å². The van der Waals surface area contributed by atoms with Crippen LogP contribution in [-0.4, -0.2) is 32.8 Å². The molecule has 160 valence electrons. The summed E-state index contributed by atoms with van der Waals surface area (Å²) in [4.78, 5) is 32.3. The molecule has 0 spiro atoms. The van der Waals surface area contributed by atoms with Gasteiger partial charge in [0.2, 0.25) is 5.91 Å². The highest BCUT2D eigenvalue weighted by Crippen LogP contribution is 2.42. The molecule has 2 amide bonds. The fraction of sp³-hybridized carbons (Fsp3) is 0.400. The van der Waals surface area contributed by atoms with Gasteiger partial charge in [0.15, 0.2) is 0 Å². The predicted octanol–water partition coefficient (Wildman–Crippen LogP) is 4.51. The van der Waals surface area contributed by atoms with E-state index >= 15 is 0 Å². The molecule has 0 atom stereocenters. The monoisotopic (exact) mass is 416 g/mol. The van der Waals surface area contributed by atoms with Crippen molar-refractivity contribution < 1.29 is 9.59 Å². The molecule has 1 aromatic heterocycles. The first-order valence-electron chi connectivity index (χ1n) is 11.1. The summed E-state index contributed by atoms with van der Waals surface area (Å²) in [6.07, 6.45) is 7.61. The molecule has 0 radical (unpaired) electrons. The molecule has 1 aliphatic carbocycles. The molecule has 2 aliphatic rings. The van der Waals surface area contributed by atoms with Gasteiger partial charge in [-0.1, -0.05) is 37.5 Å². The minimum absolute atomic E-state index is 0.0151. The number of carbonyl (C=O) groups is 2. The Labute approximate surface area is 182 Å². The molecule has 6 heteroatoms. The predicted molar refractivity (Wildman–Crippen MR) is 121 cm³/mol. The lowest BCUT2D eigenvalue weighted by molar-refractivity contribution is -0.119. The van der Waals surface area contributed by atoms with Crippen LogP contribution in [0.25, 0.3) is 11.0 Å². The SMILES string of the molecule is Cn1cnc2cc(NC(=O)CC3(CN4Cc5ccccc5C4=O)CCCCC3)ccc21. The van der Waals surface area contributed by atoms with Crippen molar-refractivity contribution in [2.45, 2.75) is 45.1 Å². The first kappa shape index (κ1) is 19.8. The quantitative estimate of drug-likeness (QED) is 0.665. The zero-order valence-electron chi connectivity index (χ0n) is 17.9. The summed E-state index contributed by atoms with van der Waals surface area (Å²) in [5.41, 5.74) is 4.41. The number of aryl methyl sites for hydroxylation is 1. The lowest BCUT2D eigenvalue weighted by atomic mass is 9.71. The zero-order valence-corrected chi connectivity index (χ0v) is 17.9. The van der Waals surface area contributed by atoms with Crippen LogP contribution in [0.2, 0.25) is 0 Å². The molecule has 1 N–H and O–H groups in total. The maximum Gasteiger partial charge on any atom is 0.254 e. The summed E-state index contributed by atoms with van der Waals surface area (Å²) in [6.45, 7) is 1.29. The lowest BCUT2D eigenvalue weighted by Crippen LogP contribution is -2.41. The summed E-state index contributed by atoms with van der Waals surface area (Å²) in [6, 6.07) is 13.7. The van der Waals surface area contributed by atoms with Crippen molar-refractivity contribution in [3.63, 3.8) is 0 Å². The minimum Gasteiger partial charge on any atom is -0.334 e. The third-order valence-corrected chi connectivity index (χ3v) is 6.88. The van der Waals surface area contributed by atoms with Gasteiger partial charge < -0.3 is 14.8 Å². The Kier molecular flexibility index (Phi) is 5.00. The van der Waals surface area contributed by atoms with Gasteiger partial charge in [0.25, 0.3) is 5.91 Å². The molecule has 0 bridgehead atoms. The van der Waals surface area contributed by atoms with Crippen molar-refractivity contribution in [1.29, 1.82) is 0 Å². The summed E-state index contributed by atoms with van der Waals surface area (Å²) in [5.74, 6) is 0.114. The Bertz CT molecular complexity index is 1140. The average molecular weight is 417 g/mol. The second kappa shape index (κ2) is 7.84. The van der Waals surface area contributed by atoms with Gasteiger partial charge in [0.05, 0.1) is 17.4 Å². The third-order valence-electron chi connectivity index (χ3n) is 6.88. The van der Waals surface area contributed by atoms with Crippen LogP contribution in [0.1, 0.15) is 54.4 Å². The van der Waals surface area contributed by atoms with Crippen LogP contribution >= 0.6 is 0 Å². The van der Waals surface area contributed by atoms with Crippen LogP contribution in [0, 0.1) is 5.41 Å². The normalized spacial score (nSPS) is 17.7. The summed E-state index contributed by atoms with van der Waals surface area (Å²) < 4.78 is 1.96. The molecular weight excluding hydrogens is 388 g/mol. The molecule has 1 aliphatic heterocycles. The average Bonchev–Trinajstić information content (AvgIpc) is 3.28. The van der Waals surface area contributed by atoms with E-state index in [9.17, 15) is 9.59 Å². The Morgan fingerprint density at radius 3 is 2.74 bits per heavy atom. The number of benzene rings is 2. The van der Waals surface area contributed by atoms with Crippen molar-refractivity contribution in [1.82, 2.24) is 14.5 Å². The second-order valence-electron chi connectivity index (χ2n) is 9.16. The number of nitrogens with zero attached hydrogens (tertiary/aromatic N) is 3. The number of rotatable bonds is 5. The standard InChI is InChI=1S/C25H28N4O2/c1-28-17-26-21-13-19(9-10-22(21)28)27-23(30)14-25(11-5-2-6-12-25)16-29-15-18-7-3-4-8-20(18)24(29)31/h3-4,7-10,13,17H,2,5-6,11-12,14-16H2,1H3,(H,27,30). The second-order valence-corrected chi connectivity index (χ2v) is 9.16. The number of carbonyl (C=O) groups excluding carboxylic acids is 2. The molecule has 2 aromatic carbocycles. The lowest BCUT2D eigenvalue weighted by Gasteiger charge is -2.39.